The van der Waals surface area contributed by atoms with Crippen LogP contribution in [-0.4, -0.2) is 15.6 Å². The lowest BCUT2D eigenvalue weighted by molar-refractivity contribution is 0.101. The van der Waals surface area contributed by atoms with Crippen molar-refractivity contribution in [2.75, 3.05) is 0 Å². The highest BCUT2D eigenvalue weighted by atomic mass is 16.1. The molecule has 3 nitrogen and oxygen atoms in total. The van der Waals surface area contributed by atoms with Gasteiger partial charge in [-0.2, -0.15) is 5.10 Å². The fourth-order valence-corrected chi connectivity index (χ4v) is 4.29. The Balaban J connectivity index is 1.94. The number of hydrogen-bond donors (Lipinski definition) is 0. The summed E-state index contributed by atoms with van der Waals surface area (Å²) in [4.78, 5) is 11.8. The topological polar surface area (TPSA) is 34.9 Å². The minimum absolute atomic E-state index is 0.132. The highest BCUT2D eigenvalue weighted by Gasteiger charge is 2.31. The molecular weight excluding hydrogens is 296 g/mol. The molecule has 1 heterocycles. The van der Waals surface area contributed by atoms with Crippen LogP contribution in [0.2, 0.25) is 0 Å². The maximum Gasteiger partial charge on any atom is 0.160 e. The monoisotopic (exact) mass is 326 g/mol. The smallest absolute Gasteiger partial charge is 0.160 e. The van der Waals surface area contributed by atoms with E-state index in [0.29, 0.717) is 11.5 Å². The van der Waals surface area contributed by atoms with E-state index in [1.807, 2.05) is 13.0 Å². The van der Waals surface area contributed by atoms with E-state index < -0.39 is 0 Å². The first-order valence-electron chi connectivity index (χ1n) is 9.19. The third-order valence-corrected chi connectivity index (χ3v) is 5.88. The van der Waals surface area contributed by atoms with Crippen LogP contribution in [0.1, 0.15) is 81.0 Å². The molecule has 130 valence electrons. The average molecular weight is 326 g/mol. The van der Waals surface area contributed by atoms with Gasteiger partial charge >= 0.3 is 0 Å². The standard InChI is InChI=1S/C21H30N2O/c1-13-11-20-19(12-18(13)15(3)24)14(2)22-23(20)17-9-7-16(8-10-17)21(4,5)6/h11-12,16-17H,7-10H2,1-6H3. The van der Waals surface area contributed by atoms with Crippen LogP contribution in [0.25, 0.3) is 10.9 Å². The number of aryl methyl sites for hydroxylation is 2. The Morgan fingerprint density at radius 1 is 1.12 bits per heavy atom. The zero-order chi connectivity index (χ0) is 17.6. The molecule has 1 aliphatic carbocycles. The fourth-order valence-electron chi connectivity index (χ4n) is 4.29. The summed E-state index contributed by atoms with van der Waals surface area (Å²) in [7, 11) is 0. The van der Waals surface area contributed by atoms with Crippen molar-refractivity contribution in [3.8, 4) is 0 Å². The molecule has 3 heteroatoms. The van der Waals surface area contributed by atoms with Gasteiger partial charge in [-0.25, -0.2) is 0 Å². The summed E-state index contributed by atoms with van der Waals surface area (Å²) in [6.45, 7) is 12.8. The van der Waals surface area contributed by atoms with Crippen molar-refractivity contribution in [3.05, 3.63) is 29.0 Å². The van der Waals surface area contributed by atoms with E-state index in [-0.39, 0.29) is 5.78 Å². The first kappa shape index (κ1) is 17.2. The van der Waals surface area contributed by atoms with Crippen molar-refractivity contribution in [2.45, 2.75) is 73.3 Å². The van der Waals surface area contributed by atoms with Crippen molar-refractivity contribution >= 4 is 16.7 Å². The Labute approximate surface area is 145 Å². The predicted octanol–water partition coefficient (Wildman–Crippen LogP) is 5.63. The van der Waals surface area contributed by atoms with Crippen LogP contribution in [-0.2, 0) is 0 Å². The molecule has 0 radical (unpaired) electrons. The molecule has 0 spiro atoms. The molecule has 24 heavy (non-hydrogen) atoms. The van der Waals surface area contributed by atoms with Gasteiger partial charge in [-0.3, -0.25) is 9.48 Å². The highest BCUT2D eigenvalue weighted by molar-refractivity contribution is 6.00. The second-order valence-electron chi connectivity index (χ2n) is 8.64. The molecule has 0 N–H and O–H groups in total. The molecule has 0 aliphatic heterocycles. The summed E-state index contributed by atoms with van der Waals surface area (Å²) in [5, 5.41) is 5.98. The van der Waals surface area contributed by atoms with Crippen molar-refractivity contribution in [2.24, 2.45) is 11.3 Å². The lowest BCUT2D eigenvalue weighted by Gasteiger charge is -2.37. The molecular formula is C21H30N2O. The van der Waals surface area contributed by atoms with Gasteiger partial charge in [0.25, 0.3) is 0 Å². The lowest BCUT2D eigenvalue weighted by atomic mass is 9.71. The quantitative estimate of drug-likeness (QED) is 0.670. The van der Waals surface area contributed by atoms with E-state index in [1.54, 1.807) is 6.92 Å². The molecule has 1 aromatic carbocycles. The van der Waals surface area contributed by atoms with E-state index in [9.17, 15) is 4.79 Å². The number of Topliss-reactive ketones (excluding diaryl/α,β-unsaturated/α-hetero) is 1. The molecule has 1 fully saturated rings. The molecule has 0 unspecified atom stereocenters. The number of aromatic nitrogens is 2. The van der Waals surface area contributed by atoms with Gasteiger partial charge in [-0.1, -0.05) is 20.8 Å². The van der Waals surface area contributed by atoms with Gasteiger partial charge in [-0.15, -0.1) is 0 Å². The summed E-state index contributed by atoms with van der Waals surface area (Å²) in [6.07, 6.45) is 4.95. The fraction of sp³-hybridized carbons (Fsp3) is 0.619. The van der Waals surface area contributed by atoms with Crippen molar-refractivity contribution in [3.63, 3.8) is 0 Å². The van der Waals surface area contributed by atoms with E-state index in [0.717, 1.165) is 28.1 Å². The Morgan fingerprint density at radius 3 is 2.29 bits per heavy atom. The summed E-state index contributed by atoms with van der Waals surface area (Å²) < 4.78 is 2.24. The molecule has 1 saturated carbocycles. The number of fused-ring (bicyclic) bond motifs is 1. The number of carbonyl (C=O) groups excluding carboxylic acids is 1. The van der Waals surface area contributed by atoms with Crippen molar-refractivity contribution in [1.29, 1.82) is 0 Å². The highest BCUT2D eigenvalue weighted by Crippen LogP contribution is 2.42. The largest absolute Gasteiger partial charge is 0.295 e. The zero-order valence-corrected chi connectivity index (χ0v) is 15.9. The first-order chi connectivity index (χ1) is 11.2. The molecule has 0 saturated heterocycles. The molecule has 3 rings (SSSR count). The Kier molecular flexibility index (Phi) is 4.31. The molecule has 1 aliphatic rings. The van der Waals surface area contributed by atoms with Crippen LogP contribution in [0.4, 0.5) is 0 Å². The number of ketones is 1. The summed E-state index contributed by atoms with van der Waals surface area (Å²) in [6, 6.07) is 4.68. The van der Waals surface area contributed by atoms with Crippen molar-refractivity contribution in [1.82, 2.24) is 9.78 Å². The summed E-state index contributed by atoms with van der Waals surface area (Å²) >= 11 is 0. The number of benzene rings is 1. The van der Waals surface area contributed by atoms with Gasteiger partial charge in [0, 0.05) is 10.9 Å². The van der Waals surface area contributed by atoms with Gasteiger partial charge in [0.2, 0.25) is 0 Å². The van der Waals surface area contributed by atoms with E-state index >= 15 is 0 Å². The van der Waals surface area contributed by atoms with Crippen LogP contribution in [0.5, 0.6) is 0 Å². The maximum absolute atomic E-state index is 11.8. The van der Waals surface area contributed by atoms with E-state index in [2.05, 4.69) is 38.4 Å². The van der Waals surface area contributed by atoms with Crippen LogP contribution >= 0.6 is 0 Å². The van der Waals surface area contributed by atoms with Gasteiger partial charge in [-0.05, 0) is 75.5 Å². The number of carbonyl (C=O) groups is 1. The first-order valence-corrected chi connectivity index (χ1v) is 9.19. The number of nitrogens with zero attached hydrogens (tertiary/aromatic N) is 2. The third-order valence-electron chi connectivity index (χ3n) is 5.88. The summed E-state index contributed by atoms with van der Waals surface area (Å²) in [5.74, 6) is 0.940. The van der Waals surface area contributed by atoms with Gasteiger partial charge in [0.15, 0.2) is 5.78 Å². The average Bonchev–Trinajstić information content (AvgIpc) is 2.82. The maximum atomic E-state index is 11.8. The minimum Gasteiger partial charge on any atom is -0.295 e. The number of hydrogen-bond acceptors (Lipinski definition) is 2. The van der Waals surface area contributed by atoms with Crippen LogP contribution in [0, 0.1) is 25.2 Å². The normalized spacial score (nSPS) is 22.1. The van der Waals surface area contributed by atoms with Crippen molar-refractivity contribution < 1.29 is 4.79 Å². The van der Waals surface area contributed by atoms with Crippen LogP contribution in [0.15, 0.2) is 12.1 Å². The molecule has 0 bridgehead atoms. The van der Waals surface area contributed by atoms with Crippen LogP contribution in [0.3, 0.4) is 0 Å². The number of rotatable bonds is 2. The molecule has 2 aromatic rings. The Bertz CT molecular complexity index is 771. The SMILES string of the molecule is CC(=O)c1cc2c(C)nn(C3CCC(C(C)(C)C)CC3)c2cc1C. The Morgan fingerprint density at radius 2 is 1.75 bits per heavy atom. The molecule has 0 amide bonds. The molecule has 1 aromatic heterocycles. The van der Waals surface area contributed by atoms with Crippen LogP contribution < -0.4 is 0 Å². The third kappa shape index (κ3) is 3.01. The minimum atomic E-state index is 0.132. The Hall–Kier alpha value is -1.64. The zero-order valence-electron chi connectivity index (χ0n) is 15.9. The van der Waals surface area contributed by atoms with E-state index in [1.165, 1.54) is 31.2 Å². The van der Waals surface area contributed by atoms with Gasteiger partial charge < -0.3 is 0 Å². The predicted molar refractivity (Wildman–Crippen MR) is 99.7 cm³/mol. The lowest BCUT2D eigenvalue weighted by Crippen LogP contribution is -2.27. The van der Waals surface area contributed by atoms with Gasteiger partial charge in [0.05, 0.1) is 17.3 Å². The second-order valence-corrected chi connectivity index (χ2v) is 8.64. The van der Waals surface area contributed by atoms with E-state index in [4.69, 9.17) is 5.10 Å². The second kappa shape index (κ2) is 6.02. The van der Waals surface area contributed by atoms with Gasteiger partial charge in [0.1, 0.15) is 0 Å². The summed E-state index contributed by atoms with van der Waals surface area (Å²) in [5.41, 5.74) is 4.50. The molecule has 0 atom stereocenters.